The molecule has 2 aromatic heterocycles. The van der Waals surface area contributed by atoms with Crippen LogP contribution in [-0.4, -0.2) is 41.9 Å². The lowest BCUT2D eigenvalue weighted by atomic mass is 10.1. The van der Waals surface area contributed by atoms with Gasteiger partial charge in [0, 0.05) is 30.6 Å². The van der Waals surface area contributed by atoms with Crippen LogP contribution in [0.4, 0.5) is 0 Å². The predicted octanol–water partition coefficient (Wildman–Crippen LogP) is 2.25. The van der Waals surface area contributed by atoms with Crippen molar-refractivity contribution in [2.24, 2.45) is 0 Å². The van der Waals surface area contributed by atoms with Crippen molar-refractivity contribution < 1.29 is 9.59 Å². The Bertz CT molecular complexity index is 685. The van der Waals surface area contributed by atoms with Crippen LogP contribution in [0, 0.1) is 0 Å². The lowest BCUT2D eigenvalue weighted by Gasteiger charge is -2.22. The quantitative estimate of drug-likeness (QED) is 0.778. The normalized spacial score (nSPS) is 20.5. The van der Waals surface area contributed by atoms with E-state index in [2.05, 4.69) is 27.0 Å². The van der Waals surface area contributed by atoms with Crippen LogP contribution in [0.3, 0.4) is 0 Å². The van der Waals surface area contributed by atoms with Crippen LogP contribution in [-0.2, 0) is 22.6 Å². The molecule has 3 rings (SSSR count). The summed E-state index contributed by atoms with van der Waals surface area (Å²) in [5, 5.41) is 12.2. The van der Waals surface area contributed by atoms with Crippen LogP contribution >= 0.6 is 22.7 Å². The van der Waals surface area contributed by atoms with Gasteiger partial charge in [-0.25, -0.2) is 0 Å². The van der Waals surface area contributed by atoms with Gasteiger partial charge < -0.3 is 10.6 Å². The van der Waals surface area contributed by atoms with E-state index in [0.717, 1.165) is 11.4 Å². The average molecular weight is 378 g/mol. The topological polar surface area (TPSA) is 61.4 Å². The Balaban J connectivity index is 1.61. The molecule has 3 heterocycles. The highest BCUT2D eigenvalue weighted by Crippen LogP contribution is 2.22. The van der Waals surface area contributed by atoms with Gasteiger partial charge in [0.05, 0.1) is 12.5 Å². The van der Waals surface area contributed by atoms with Crippen LogP contribution in [0.1, 0.15) is 23.8 Å². The number of nitrogens with one attached hydrogen (secondary N) is 2. The molecule has 1 aliphatic rings. The van der Waals surface area contributed by atoms with E-state index in [1.807, 2.05) is 29.8 Å². The molecule has 0 bridgehead atoms. The summed E-state index contributed by atoms with van der Waals surface area (Å²) in [5.74, 6) is 0.0761. The zero-order chi connectivity index (χ0) is 17.6. The Labute approximate surface area is 156 Å². The van der Waals surface area contributed by atoms with Gasteiger partial charge in [0.1, 0.15) is 0 Å². The molecule has 2 N–H and O–H groups in total. The van der Waals surface area contributed by atoms with Crippen LogP contribution in [0.5, 0.6) is 0 Å². The fraction of sp³-hybridized carbons (Fsp3) is 0.444. The smallest absolute Gasteiger partial charge is 0.237 e. The van der Waals surface area contributed by atoms with Crippen LogP contribution in [0.2, 0.25) is 0 Å². The van der Waals surface area contributed by atoms with Crippen molar-refractivity contribution in [1.82, 2.24) is 15.5 Å². The Kier molecular flexibility index (Phi) is 6.23. The first-order valence-electron chi connectivity index (χ1n) is 8.50. The monoisotopic (exact) mass is 377 g/mol. The highest BCUT2D eigenvalue weighted by Gasteiger charge is 2.37. The predicted molar refractivity (Wildman–Crippen MR) is 102 cm³/mol. The second-order valence-electron chi connectivity index (χ2n) is 6.23. The molecule has 0 radical (unpaired) electrons. The number of amides is 2. The standard InChI is InChI=1S/C18H23N3O2S2/c1-2-19-18(23)16-8-14(11-21(16)10-13-5-7-24-12-13)20-17(22)9-15-4-3-6-25-15/h3-7,12,14,16H,2,8-11H2,1H3,(H,19,23)(H,20,22). The van der Waals surface area contributed by atoms with Crippen molar-refractivity contribution in [3.8, 4) is 0 Å². The molecule has 0 saturated carbocycles. The van der Waals surface area contributed by atoms with E-state index in [1.54, 1.807) is 22.7 Å². The van der Waals surface area contributed by atoms with Gasteiger partial charge in [-0.15, -0.1) is 11.3 Å². The molecule has 0 aromatic carbocycles. The van der Waals surface area contributed by atoms with Crippen LogP contribution in [0.25, 0.3) is 0 Å². The minimum absolute atomic E-state index is 0.0127. The fourth-order valence-corrected chi connectivity index (χ4v) is 4.58. The second-order valence-corrected chi connectivity index (χ2v) is 8.04. The maximum absolute atomic E-state index is 12.4. The number of hydrogen-bond donors (Lipinski definition) is 2. The summed E-state index contributed by atoms with van der Waals surface area (Å²) in [6.07, 6.45) is 1.07. The fourth-order valence-electron chi connectivity index (χ4n) is 3.21. The molecule has 134 valence electrons. The zero-order valence-corrected chi connectivity index (χ0v) is 15.9. The number of nitrogens with zero attached hydrogens (tertiary/aromatic N) is 1. The van der Waals surface area contributed by atoms with Gasteiger partial charge in [-0.3, -0.25) is 14.5 Å². The SMILES string of the molecule is CCNC(=O)C1CC(NC(=O)Cc2cccs2)CN1Cc1ccsc1. The average Bonchev–Trinajstić information content (AvgIpc) is 3.30. The number of likely N-dealkylation sites (N-methyl/N-ethyl adjacent to an activating group) is 1. The molecule has 2 amide bonds. The Morgan fingerprint density at radius 2 is 2.20 bits per heavy atom. The molecule has 5 nitrogen and oxygen atoms in total. The number of carbonyl (C=O) groups excluding carboxylic acids is 2. The van der Waals surface area contributed by atoms with E-state index in [4.69, 9.17) is 0 Å². The Morgan fingerprint density at radius 1 is 1.32 bits per heavy atom. The molecule has 0 spiro atoms. The molecule has 2 atom stereocenters. The van der Waals surface area contributed by atoms with E-state index in [9.17, 15) is 9.59 Å². The Morgan fingerprint density at radius 3 is 2.88 bits per heavy atom. The van der Waals surface area contributed by atoms with Gasteiger partial charge in [0.2, 0.25) is 11.8 Å². The third-order valence-electron chi connectivity index (χ3n) is 4.30. The van der Waals surface area contributed by atoms with E-state index in [-0.39, 0.29) is 23.9 Å². The summed E-state index contributed by atoms with van der Waals surface area (Å²) < 4.78 is 0. The molecule has 0 aliphatic carbocycles. The first-order chi connectivity index (χ1) is 12.2. The molecule has 7 heteroatoms. The third kappa shape index (κ3) is 4.90. The second kappa shape index (κ2) is 8.60. The van der Waals surface area contributed by atoms with Crippen LogP contribution < -0.4 is 10.6 Å². The van der Waals surface area contributed by atoms with Gasteiger partial charge in [0.25, 0.3) is 0 Å². The molecular formula is C18H23N3O2S2. The summed E-state index contributed by atoms with van der Waals surface area (Å²) in [6.45, 7) is 3.99. The summed E-state index contributed by atoms with van der Waals surface area (Å²) in [7, 11) is 0. The maximum Gasteiger partial charge on any atom is 0.237 e. The summed E-state index contributed by atoms with van der Waals surface area (Å²) in [5.41, 5.74) is 1.21. The number of carbonyl (C=O) groups is 2. The van der Waals surface area contributed by atoms with Crippen molar-refractivity contribution in [2.45, 2.75) is 38.4 Å². The molecule has 2 unspecified atom stereocenters. The summed E-state index contributed by atoms with van der Waals surface area (Å²) >= 11 is 3.25. The lowest BCUT2D eigenvalue weighted by molar-refractivity contribution is -0.125. The van der Waals surface area contributed by atoms with Crippen molar-refractivity contribution in [3.63, 3.8) is 0 Å². The van der Waals surface area contributed by atoms with E-state index < -0.39 is 0 Å². The molecule has 25 heavy (non-hydrogen) atoms. The van der Waals surface area contributed by atoms with Crippen molar-refractivity contribution in [2.75, 3.05) is 13.1 Å². The third-order valence-corrected chi connectivity index (χ3v) is 5.91. The van der Waals surface area contributed by atoms with Gasteiger partial charge in [-0.05, 0) is 47.2 Å². The zero-order valence-electron chi connectivity index (χ0n) is 14.2. The highest BCUT2D eigenvalue weighted by molar-refractivity contribution is 7.10. The number of hydrogen-bond acceptors (Lipinski definition) is 5. The van der Waals surface area contributed by atoms with Crippen molar-refractivity contribution >= 4 is 34.5 Å². The molecular weight excluding hydrogens is 354 g/mol. The summed E-state index contributed by atoms with van der Waals surface area (Å²) in [6, 6.07) is 5.84. The largest absolute Gasteiger partial charge is 0.355 e. The Hall–Kier alpha value is -1.70. The van der Waals surface area contributed by atoms with Crippen LogP contribution in [0.15, 0.2) is 34.3 Å². The van der Waals surface area contributed by atoms with E-state index >= 15 is 0 Å². The van der Waals surface area contributed by atoms with Gasteiger partial charge >= 0.3 is 0 Å². The number of thiophene rings is 2. The number of likely N-dealkylation sites (tertiary alicyclic amines) is 1. The summed E-state index contributed by atoms with van der Waals surface area (Å²) in [4.78, 5) is 27.9. The van der Waals surface area contributed by atoms with Gasteiger partial charge in [-0.1, -0.05) is 6.07 Å². The minimum atomic E-state index is -0.188. The van der Waals surface area contributed by atoms with Gasteiger partial charge in [-0.2, -0.15) is 11.3 Å². The van der Waals surface area contributed by atoms with Crippen molar-refractivity contribution in [1.29, 1.82) is 0 Å². The van der Waals surface area contributed by atoms with E-state index in [1.165, 1.54) is 5.56 Å². The highest BCUT2D eigenvalue weighted by atomic mass is 32.1. The van der Waals surface area contributed by atoms with E-state index in [0.29, 0.717) is 25.9 Å². The molecule has 2 aromatic rings. The van der Waals surface area contributed by atoms with Crippen molar-refractivity contribution in [3.05, 3.63) is 44.8 Å². The van der Waals surface area contributed by atoms with Gasteiger partial charge in [0.15, 0.2) is 0 Å². The molecule has 1 aliphatic heterocycles. The molecule has 1 fully saturated rings. The first kappa shape index (κ1) is 18.1. The minimum Gasteiger partial charge on any atom is -0.355 e. The maximum atomic E-state index is 12.4. The first-order valence-corrected chi connectivity index (χ1v) is 10.3. The lowest BCUT2D eigenvalue weighted by Crippen LogP contribution is -2.42. The number of rotatable bonds is 7. The molecule has 1 saturated heterocycles.